The topological polar surface area (TPSA) is 61.4 Å². The lowest BCUT2D eigenvalue weighted by atomic mass is 10.1. The van der Waals surface area contributed by atoms with E-state index < -0.39 is 6.04 Å². The summed E-state index contributed by atoms with van der Waals surface area (Å²) in [7, 11) is 0. The van der Waals surface area contributed by atoms with E-state index in [1.807, 2.05) is 26.0 Å². The largest absolute Gasteiger partial charge is 0.507 e. The van der Waals surface area contributed by atoms with Crippen molar-refractivity contribution in [3.05, 3.63) is 52.0 Å². The molecule has 2 aromatic rings. The van der Waals surface area contributed by atoms with Gasteiger partial charge in [-0.1, -0.05) is 17.7 Å². The predicted molar refractivity (Wildman–Crippen MR) is 84.0 cm³/mol. The molecule has 1 amide bonds. The van der Waals surface area contributed by atoms with E-state index >= 15 is 0 Å². The van der Waals surface area contributed by atoms with Crippen LogP contribution < -0.4 is 10.6 Å². The highest BCUT2D eigenvalue weighted by Gasteiger charge is 2.31. The fourth-order valence-electron chi connectivity index (χ4n) is 2.52. The molecule has 5 heteroatoms. The zero-order chi connectivity index (χ0) is 15.1. The van der Waals surface area contributed by atoms with Crippen LogP contribution in [0.1, 0.15) is 22.7 Å². The van der Waals surface area contributed by atoms with Crippen LogP contribution in [0.3, 0.4) is 0 Å². The van der Waals surface area contributed by atoms with Gasteiger partial charge >= 0.3 is 0 Å². The van der Waals surface area contributed by atoms with Crippen LogP contribution in [-0.4, -0.2) is 11.0 Å². The molecular weight excluding hydrogens is 288 g/mol. The molecule has 3 N–H and O–H groups in total. The number of benzene rings is 2. The van der Waals surface area contributed by atoms with Crippen LogP contribution in [0.4, 0.5) is 11.4 Å². The Morgan fingerprint density at radius 2 is 2.00 bits per heavy atom. The third-order valence-corrected chi connectivity index (χ3v) is 4.01. The number of aryl methyl sites for hydroxylation is 1. The molecule has 0 aromatic heterocycles. The number of phenolic OH excluding ortho intramolecular Hbond substituents is 1. The Morgan fingerprint density at radius 3 is 2.76 bits per heavy atom. The minimum Gasteiger partial charge on any atom is -0.507 e. The number of carbonyl (C=O) groups is 1. The number of carbonyl (C=O) groups excluding carboxylic acids is 1. The maximum Gasteiger partial charge on any atom is 0.251 e. The number of anilines is 2. The molecule has 21 heavy (non-hydrogen) atoms. The van der Waals surface area contributed by atoms with E-state index in [-0.39, 0.29) is 11.7 Å². The molecule has 1 heterocycles. The van der Waals surface area contributed by atoms with Gasteiger partial charge in [0, 0.05) is 27.5 Å². The molecule has 0 radical (unpaired) electrons. The average Bonchev–Trinajstić information content (AvgIpc) is 2.75. The molecule has 1 aliphatic heterocycles. The van der Waals surface area contributed by atoms with Gasteiger partial charge < -0.3 is 15.7 Å². The van der Waals surface area contributed by atoms with E-state index in [1.165, 1.54) is 0 Å². The Hall–Kier alpha value is -2.20. The van der Waals surface area contributed by atoms with Gasteiger partial charge in [-0.2, -0.15) is 0 Å². The molecule has 0 saturated heterocycles. The van der Waals surface area contributed by atoms with Crippen molar-refractivity contribution >= 4 is 28.9 Å². The monoisotopic (exact) mass is 302 g/mol. The van der Waals surface area contributed by atoms with E-state index in [2.05, 4.69) is 10.6 Å². The number of halogens is 1. The lowest BCUT2D eigenvalue weighted by molar-refractivity contribution is -0.116. The highest BCUT2D eigenvalue weighted by molar-refractivity contribution is 6.31. The van der Waals surface area contributed by atoms with Crippen LogP contribution >= 0.6 is 11.6 Å². The van der Waals surface area contributed by atoms with Crippen molar-refractivity contribution in [1.82, 2.24) is 0 Å². The van der Waals surface area contributed by atoms with E-state index in [0.29, 0.717) is 5.02 Å². The van der Waals surface area contributed by atoms with Crippen LogP contribution in [0.5, 0.6) is 5.75 Å². The second kappa shape index (κ2) is 4.97. The van der Waals surface area contributed by atoms with Gasteiger partial charge in [-0.05, 0) is 43.7 Å². The van der Waals surface area contributed by atoms with E-state index in [0.717, 1.165) is 28.1 Å². The summed E-state index contributed by atoms with van der Waals surface area (Å²) in [6.07, 6.45) is 0. The summed E-state index contributed by atoms with van der Waals surface area (Å²) in [6.45, 7) is 3.65. The molecule has 0 fully saturated rings. The van der Waals surface area contributed by atoms with Gasteiger partial charge in [0.25, 0.3) is 5.91 Å². The van der Waals surface area contributed by atoms with E-state index in [1.54, 1.807) is 18.2 Å². The molecule has 3 rings (SSSR count). The van der Waals surface area contributed by atoms with Crippen molar-refractivity contribution in [2.45, 2.75) is 19.9 Å². The highest BCUT2D eigenvalue weighted by Crippen LogP contribution is 2.37. The number of rotatable bonds is 2. The Balaban J connectivity index is 1.98. The molecule has 0 spiro atoms. The summed E-state index contributed by atoms with van der Waals surface area (Å²) >= 11 is 6.01. The maximum atomic E-state index is 12.1. The Bertz CT molecular complexity index is 743. The van der Waals surface area contributed by atoms with Gasteiger partial charge in [0.05, 0.1) is 0 Å². The highest BCUT2D eigenvalue weighted by atomic mass is 35.5. The standard InChI is InChI=1S/C16H15ClN2O2/c1-8-3-5-12(9(2)15(8)20)18-14-11-7-10(17)4-6-13(11)19-16(14)21/h3-7,14,18,20H,1-2H3,(H,19,21). The minimum atomic E-state index is -0.514. The van der Waals surface area contributed by atoms with E-state index in [4.69, 9.17) is 11.6 Å². The predicted octanol–water partition coefficient (Wildman–Crippen LogP) is 3.77. The maximum absolute atomic E-state index is 12.1. The minimum absolute atomic E-state index is 0.133. The fourth-order valence-corrected chi connectivity index (χ4v) is 2.70. The smallest absolute Gasteiger partial charge is 0.251 e. The normalized spacial score (nSPS) is 16.5. The average molecular weight is 303 g/mol. The summed E-state index contributed by atoms with van der Waals surface area (Å²) in [6, 6.07) is 8.47. The molecule has 0 aliphatic carbocycles. The first kappa shape index (κ1) is 13.8. The molecule has 0 bridgehead atoms. The number of nitrogens with one attached hydrogen (secondary N) is 2. The zero-order valence-corrected chi connectivity index (χ0v) is 12.5. The number of phenols is 1. The summed E-state index contributed by atoms with van der Waals surface area (Å²) in [4.78, 5) is 12.1. The first-order chi connectivity index (χ1) is 9.97. The quantitative estimate of drug-likeness (QED) is 0.791. The summed E-state index contributed by atoms with van der Waals surface area (Å²) < 4.78 is 0. The second-order valence-electron chi connectivity index (χ2n) is 5.20. The van der Waals surface area contributed by atoms with Crippen molar-refractivity contribution in [3.8, 4) is 5.75 Å². The Kier molecular flexibility index (Phi) is 3.26. The molecular formula is C16H15ClN2O2. The Morgan fingerprint density at radius 1 is 1.24 bits per heavy atom. The third kappa shape index (κ3) is 2.32. The molecule has 0 saturated carbocycles. The van der Waals surface area contributed by atoms with Gasteiger partial charge in [0.15, 0.2) is 0 Å². The van der Waals surface area contributed by atoms with Gasteiger partial charge in [-0.3, -0.25) is 4.79 Å². The Labute approximate surface area is 127 Å². The van der Waals surface area contributed by atoms with Crippen molar-refractivity contribution in [1.29, 1.82) is 0 Å². The first-order valence-corrected chi connectivity index (χ1v) is 7.01. The molecule has 1 aliphatic rings. The second-order valence-corrected chi connectivity index (χ2v) is 5.64. The van der Waals surface area contributed by atoms with Crippen LogP contribution in [0.25, 0.3) is 0 Å². The molecule has 1 atom stereocenters. The van der Waals surface area contributed by atoms with Crippen LogP contribution in [0.2, 0.25) is 5.02 Å². The number of aromatic hydroxyl groups is 1. The van der Waals surface area contributed by atoms with Crippen molar-refractivity contribution in [2.24, 2.45) is 0 Å². The summed E-state index contributed by atoms with van der Waals surface area (Å²) in [5.41, 5.74) is 3.82. The van der Waals surface area contributed by atoms with Crippen molar-refractivity contribution in [2.75, 3.05) is 10.6 Å². The van der Waals surface area contributed by atoms with Crippen LogP contribution in [0.15, 0.2) is 30.3 Å². The zero-order valence-electron chi connectivity index (χ0n) is 11.7. The van der Waals surface area contributed by atoms with Crippen LogP contribution in [0, 0.1) is 13.8 Å². The third-order valence-electron chi connectivity index (χ3n) is 3.78. The van der Waals surface area contributed by atoms with Gasteiger partial charge in [0.2, 0.25) is 0 Å². The lowest BCUT2D eigenvalue weighted by Gasteiger charge is -2.17. The number of amides is 1. The molecule has 108 valence electrons. The SMILES string of the molecule is Cc1ccc(NC2C(=O)Nc3ccc(Cl)cc32)c(C)c1O. The van der Waals surface area contributed by atoms with Gasteiger partial charge in [0.1, 0.15) is 11.8 Å². The number of hydrogen-bond donors (Lipinski definition) is 3. The summed E-state index contributed by atoms with van der Waals surface area (Å²) in [5, 5.41) is 16.6. The van der Waals surface area contributed by atoms with E-state index in [9.17, 15) is 9.90 Å². The van der Waals surface area contributed by atoms with Crippen molar-refractivity contribution < 1.29 is 9.90 Å². The van der Waals surface area contributed by atoms with Gasteiger partial charge in [-0.25, -0.2) is 0 Å². The number of fused-ring (bicyclic) bond motifs is 1. The first-order valence-electron chi connectivity index (χ1n) is 6.63. The summed E-state index contributed by atoms with van der Waals surface area (Å²) in [5.74, 6) is 0.108. The fraction of sp³-hybridized carbons (Fsp3) is 0.188. The molecule has 4 nitrogen and oxygen atoms in total. The molecule has 1 unspecified atom stereocenters. The van der Waals surface area contributed by atoms with Gasteiger partial charge in [-0.15, -0.1) is 0 Å². The van der Waals surface area contributed by atoms with Crippen molar-refractivity contribution in [3.63, 3.8) is 0 Å². The lowest BCUT2D eigenvalue weighted by Crippen LogP contribution is -2.20. The number of hydrogen-bond acceptors (Lipinski definition) is 3. The molecule has 2 aromatic carbocycles. The van der Waals surface area contributed by atoms with Crippen LogP contribution in [-0.2, 0) is 4.79 Å².